The first-order valence-electron chi connectivity index (χ1n) is 7.35. The predicted octanol–water partition coefficient (Wildman–Crippen LogP) is 5.98. The molecule has 3 heteroatoms. The first kappa shape index (κ1) is 15.5. The van der Waals surface area contributed by atoms with E-state index in [9.17, 15) is 9.50 Å². The Bertz CT molecular complexity index is 846. The highest BCUT2D eigenvalue weighted by molar-refractivity contribution is 7.15. The Balaban J connectivity index is 1.86. The maximum Gasteiger partial charge on any atom is 0.123 e. The van der Waals surface area contributed by atoms with Gasteiger partial charge < -0.3 is 5.11 Å². The minimum Gasteiger partial charge on any atom is -0.508 e. The highest BCUT2D eigenvalue weighted by atomic mass is 32.1. The van der Waals surface area contributed by atoms with Gasteiger partial charge in [-0.05, 0) is 53.9 Å². The average molecular weight is 324 g/mol. The Morgan fingerprint density at radius 2 is 1.83 bits per heavy atom. The molecule has 0 aliphatic carbocycles. The van der Waals surface area contributed by atoms with Gasteiger partial charge in [0.05, 0.1) is 0 Å². The monoisotopic (exact) mass is 324 g/mol. The Morgan fingerprint density at radius 1 is 1.09 bits per heavy atom. The number of halogens is 1. The molecule has 2 aromatic carbocycles. The number of thiophene rings is 1. The lowest BCUT2D eigenvalue weighted by atomic mass is 10.0. The summed E-state index contributed by atoms with van der Waals surface area (Å²) in [5, 5.41) is 9.56. The molecular formula is C20H17FOS. The van der Waals surface area contributed by atoms with Crippen LogP contribution in [0.25, 0.3) is 16.2 Å². The predicted molar refractivity (Wildman–Crippen MR) is 95.4 cm³/mol. The Labute approximate surface area is 139 Å². The van der Waals surface area contributed by atoms with Crippen molar-refractivity contribution in [2.75, 3.05) is 0 Å². The fourth-order valence-electron chi connectivity index (χ4n) is 2.47. The van der Waals surface area contributed by atoms with Gasteiger partial charge in [0.2, 0.25) is 0 Å². The van der Waals surface area contributed by atoms with Crippen LogP contribution in [0.5, 0.6) is 0 Å². The molecule has 0 atom stereocenters. The smallest absolute Gasteiger partial charge is 0.123 e. The van der Waals surface area contributed by atoms with Crippen LogP contribution in [0.1, 0.15) is 21.6 Å². The van der Waals surface area contributed by atoms with Crippen molar-refractivity contribution in [2.45, 2.75) is 13.3 Å². The quantitative estimate of drug-likeness (QED) is 0.585. The zero-order valence-electron chi connectivity index (χ0n) is 12.8. The Kier molecular flexibility index (Phi) is 4.30. The lowest BCUT2D eigenvalue weighted by Gasteiger charge is -2.07. The molecule has 1 aromatic heterocycles. The second kappa shape index (κ2) is 6.39. The highest BCUT2D eigenvalue weighted by Crippen LogP contribution is 2.30. The first-order valence-corrected chi connectivity index (χ1v) is 8.17. The van der Waals surface area contributed by atoms with E-state index in [-0.39, 0.29) is 11.6 Å². The summed E-state index contributed by atoms with van der Waals surface area (Å²) >= 11 is 1.70. The van der Waals surface area contributed by atoms with Gasteiger partial charge in [-0.1, -0.05) is 30.8 Å². The summed E-state index contributed by atoms with van der Waals surface area (Å²) in [5.74, 6) is -0.133. The van der Waals surface area contributed by atoms with Gasteiger partial charge in [0.1, 0.15) is 11.6 Å². The molecule has 23 heavy (non-hydrogen) atoms. The van der Waals surface area contributed by atoms with Crippen molar-refractivity contribution in [1.29, 1.82) is 0 Å². The molecule has 0 bridgehead atoms. The van der Waals surface area contributed by atoms with Gasteiger partial charge >= 0.3 is 0 Å². The summed E-state index contributed by atoms with van der Waals surface area (Å²) in [6, 6.07) is 16.6. The van der Waals surface area contributed by atoms with Crippen LogP contribution < -0.4 is 0 Å². The van der Waals surface area contributed by atoms with Crippen molar-refractivity contribution in [3.8, 4) is 10.4 Å². The van der Waals surface area contributed by atoms with Crippen LogP contribution in [0.3, 0.4) is 0 Å². The van der Waals surface area contributed by atoms with Crippen LogP contribution >= 0.6 is 11.3 Å². The van der Waals surface area contributed by atoms with E-state index in [1.807, 2.05) is 18.2 Å². The average Bonchev–Trinajstić information content (AvgIpc) is 2.98. The van der Waals surface area contributed by atoms with Gasteiger partial charge in [-0.25, -0.2) is 4.39 Å². The van der Waals surface area contributed by atoms with Crippen LogP contribution in [0.4, 0.5) is 4.39 Å². The third kappa shape index (κ3) is 3.51. The van der Waals surface area contributed by atoms with Crippen molar-refractivity contribution in [1.82, 2.24) is 0 Å². The van der Waals surface area contributed by atoms with Gasteiger partial charge in [-0.2, -0.15) is 0 Å². The molecule has 0 radical (unpaired) electrons. The van der Waals surface area contributed by atoms with E-state index in [1.165, 1.54) is 28.1 Å². The van der Waals surface area contributed by atoms with Crippen LogP contribution in [-0.4, -0.2) is 5.11 Å². The molecule has 0 spiro atoms. The van der Waals surface area contributed by atoms with Crippen LogP contribution in [0.15, 0.2) is 61.2 Å². The van der Waals surface area contributed by atoms with E-state index >= 15 is 0 Å². The number of aryl methyl sites for hydroxylation is 1. The number of aliphatic hydroxyl groups is 1. The second-order valence-corrected chi connectivity index (χ2v) is 6.71. The van der Waals surface area contributed by atoms with Gasteiger partial charge in [-0.3, -0.25) is 0 Å². The fourth-order valence-corrected chi connectivity index (χ4v) is 3.51. The standard InChI is InChI=1S/C20H17FOS/c1-13-3-4-16(14(2)22)11-17(13)12-19-9-10-20(23-19)15-5-7-18(21)8-6-15/h3-11,22H,2,12H2,1H3. The van der Waals surface area contributed by atoms with Gasteiger partial charge in [0.15, 0.2) is 0 Å². The molecule has 0 saturated heterocycles. The van der Waals surface area contributed by atoms with Crippen molar-refractivity contribution in [2.24, 2.45) is 0 Å². The molecule has 1 nitrogen and oxygen atoms in total. The fraction of sp³-hybridized carbons (Fsp3) is 0.100. The molecule has 0 saturated carbocycles. The zero-order chi connectivity index (χ0) is 16.4. The van der Waals surface area contributed by atoms with Crippen LogP contribution in [-0.2, 0) is 6.42 Å². The van der Waals surface area contributed by atoms with Crippen molar-refractivity contribution in [3.63, 3.8) is 0 Å². The van der Waals surface area contributed by atoms with E-state index in [1.54, 1.807) is 23.5 Å². The lowest BCUT2D eigenvalue weighted by Crippen LogP contribution is -1.92. The third-order valence-electron chi connectivity index (χ3n) is 3.84. The summed E-state index contributed by atoms with van der Waals surface area (Å²) in [6.07, 6.45) is 0.804. The molecule has 0 amide bonds. The SMILES string of the molecule is C=C(O)c1ccc(C)c(Cc2ccc(-c3ccc(F)cc3)s2)c1. The maximum absolute atomic E-state index is 13.0. The second-order valence-electron chi connectivity index (χ2n) is 5.54. The molecule has 0 aliphatic rings. The van der Waals surface area contributed by atoms with E-state index in [0.29, 0.717) is 0 Å². The number of hydrogen-bond acceptors (Lipinski definition) is 2. The summed E-state index contributed by atoms with van der Waals surface area (Å²) in [4.78, 5) is 2.36. The van der Waals surface area contributed by atoms with Crippen molar-refractivity contribution >= 4 is 17.1 Å². The highest BCUT2D eigenvalue weighted by Gasteiger charge is 2.07. The van der Waals surface area contributed by atoms with E-state index < -0.39 is 0 Å². The molecule has 3 aromatic rings. The van der Waals surface area contributed by atoms with E-state index in [0.717, 1.165) is 22.4 Å². The lowest BCUT2D eigenvalue weighted by molar-refractivity contribution is 0.513. The van der Waals surface area contributed by atoms with Crippen molar-refractivity contribution in [3.05, 3.63) is 88.6 Å². The summed E-state index contributed by atoms with van der Waals surface area (Å²) < 4.78 is 13.0. The first-order chi connectivity index (χ1) is 11.0. The number of benzene rings is 2. The minimum atomic E-state index is -0.220. The third-order valence-corrected chi connectivity index (χ3v) is 4.97. The van der Waals surface area contributed by atoms with Crippen LogP contribution in [0, 0.1) is 12.7 Å². The summed E-state index contributed by atoms with van der Waals surface area (Å²) in [7, 11) is 0. The molecule has 0 unspecified atom stereocenters. The number of hydrogen-bond donors (Lipinski definition) is 1. The Hall–Kier alpha value is -2.39. The molecule has 1 heterocycles. The zero-order valence-corrected chi connectivity index (χ0v) is 13.7. The van der Waals surface area contributed by atoms with Gasteiger partial charge in [0.25, 0.3) is 0 Å². The summed E-state index contributed by atoms with van der Waals surface area (Å²) in [5.41, 5.74) is 4.13. The molecule has 0 fully saturated rings. The molecule has 116 valence electrons. The van der Waals surface area contributed by atoms with Crippen molar-refractivity contribution < 1.29 is 9.50 Å². The van der Waals surface area contributed by atoms with Gasteiger partial charge in [0, 0.05) is 21.7 Å². The normalized spacial score (nSPS) is 10.7. The van der Waals surface area contributed by atoms with Gasteiger partial charge in [-0.15, -0.1) is 11.3 Å². The molecule has 3 rings (SSSR count). The molecular weight excluding hydrogens is 307 g/mol. The molecule has 0 aliphatic heterocycles. The topological polar surface area (TPSA) is 20.2 Å². The Morgan fingerprint density at radius 3 is 2.52 bits per heavy atom. The van der Waals surface area contributed by atoms with E-state index in [2.05, 4.69) is 25.6 Å². The number of rotatable bonds is 4. The number of aliphatic hydroxyl groups excluding tert-OH is 1. The van der Waals surface area contributed by atoms with Crippen LogP contribution in [0.2, 0.25) is 0 Å². The molecule has 1 N–H and O–H groups in total. The minimum absolute atomic E-state index is 0.0874. The maximum atomic E-state index is 13.0. The largest absolute Gasteiger partial charge is 0.508 e. The van der Waals surface area contributed by atoms with E-state index in [4.69, 9.17) is 0 Å². The summed E-state index contributed by atoms with van der Waals surface area (Å²) in [6.45, 7) is 5.64.